The number of ether oxygens (including phenoxy) is 1. The van der Waals surface area contributed by atoms with Crippen LogP contribution in [0.1, 0.15) is 29.4 Å². The van der Waals surface area contributed by atoms with Crippen LogP contribution in [0.5, 0.6) is 0 Å². The molecule has 1 aliphatic rings. The van der Waals surface area contributed by atoms with Gasteiger partial charge in [-0.15, -0.1) is 11.3 Å². The number of carbonyl (C=O) groups excluding carboxylic acids is 1. The summed E-state index contributed by atoms with van der Waals surface area (Å²) in [5, 5.41) is 2.12. The van der Waals surface area contributed by atoms with E-state index >= 15 is 0 Å². The van der Waals surface area contributed by atoms with Gasteiger partial charge in [0, 0.05) is 38.6 Å². The highest BCUT2D eigenvalue weighted by atomic mass is 32.1. The Morgan fingerprint density at radius 3 is 3.00 bits per heavy atom. The average Bonchev–Trinajstić information content (AvgIpc) is 3.20. The van der Waals surface area contributed by atoms with E-state index < -0.39 is 0 Å². The number of fused-ring (bicyclic) bond motifs is 1. The summed E-state index contributed by atoms with van der Waals surface area (Å²) in [6.07, 6.45) is 1.88. The maximum Gasteiger partial charge on any atom is 0.248 e. The number of nitrogens with zero attached hydrogens (tertiary/aromatic N) is 4. The lowest BCUT2D eigenvalue weighted by Gasteiger charge is -2.34. The summed E-state index contributed by atoms with van der Waals surface area (Å²) in [7, 11) is 3.46. The summed E-state index contributed by atoms with van der Waals surface area (Å²) in [5.41, 5.74) is 1.04. The van der Waals surface area contributed by atoms with Crippen LogP contribution in [0.25, 0.3) is 0 Å². The highest BCUT2D eigenvalue weighted by molar-refractivity contribution is 7.09. The van der Waals surface area contributed by atoms with Gasteiger partial charge in [0.15, 0.2) is 0 Å². The van der Waals surface area contributed by atoms with Crippen LogP contribution in [0.2, 0.25) is 0 Å². The molecular weight excluding hydrogens is 324 g/mol. The number of rotatable bonds is 6. The van der Waals surface area contributed by atoms with E-state index in [1.165, 1.54) is 9.78 Å². The van der Waals surface area contributed by atoms with Crippen LogP contribution in [0.3, 0.4) is 0 Å². The first-order chi connectivity index (χ1) is 11.6. The molecule has 6 nitrogen and oxygen atoms in total. The minimum absolute atomic E-state index is 0.0242. The molecule has 3 rings (SSSR count). The molecule has 24 heavy (non-hydrogen) atoms. The van der Waals surface area contributed by atoms with Crippen LogP contribution < -0.4 is 0 Å². The molecule has 0 saturated heterocycles. The highest BCUT2D eigenvalue weighted by Gasteiger charge is 2.27. The molecule has 1 aliphatic heterocycles. The fraction of sp³-hybridized carbons (Fsp3) is 0.529. The molecule has 2 aromatic rings. The molecule has 0 radical (unpaired) electrons. The molecule has 2 aromatic heterocycles. The Balaban J connectivity index is 1.61. The molecule has 0 aliphatic carbocycles. The molecule has 0 saturated carbocycles. The molecule has 3 heterocycles. The van der Waals surface area contributed by atoms with Gasteiger partial charge in [0.1, 0.15) is 12.4 Å². The van der Waals surface area contributed by atoms with E-state index in [0.717, 1.165) is 31.2 Å². The summed E-state index contributed by atoms with van der Waals surface area (Å²) in [6, 6.07) is 4.55. The molecule has 1 unspecified atom stereocenters. The SMILES string of the molecule is CC1c2ncc(COCC(=O)N(C)C)n2CCN1Cc1cccs1. The van der Waals surface area contributed by atoms with Crippen LogP contribution >= 0.6 is 11.3 Å². The van der Waals surface area contributed by atoms with Gasteiger partial charge in [-0.25, -0.2) is 4.98 Å². The van der Waals surface area contributed by atoms with E-state index in [-0.39, 0.29) is 18.6 Å². The van der Waals surface area contributed by atoms with Crippen molar-refractivity contribution in [2.24, 2.45) is 0 Å². The first kappa shape index (κ1) is 17.1. The van der Waals surface area contributed by atoms with Crippen molar-refractivity contribution < 1.29 is 9.53 Å². The standard InChI is InChI=1S/C17H24N4O2S/c1-13-17-18-9-14(11-23-12-16(22)19(2)3)21(17)7-6-20(13)10-15-5-4-8-24-15/h4-5,8-9,13H,6-7,10-12H2,1-3H3. The predicted molar refractivity (Wildman–Crippen MR) is 93.7 cm³/mol. The van der Waals surface area contributed by atoms with E-state index in [0.29, 0.717) is 6.61 Å². The summed E-state index contributed by atoms with van der Waals surface area (Å²) >= 11 is 1.80. The Labute approximate surface area is 146 Å². The Bertz CT molecular complexity index is 681. The van der Waals surface area contributed by atoms with Gasteiger partial charge in [-0.1, -0.05) is 6.07 Å². The first-order valence-corrected chi connectivity index (χ1v) is 9.03. The monoisotopic (exact) mass is 348 g/mol. The zero-order chi connectivity index (χ0) is 17.1. The van der Waals surface area contributed by atoms with Gasteiger partial charge < -0.3 is 14.2 Å². The zero-order valence-corrected chi connectivity index (χ0v) is 15.3. The van der Waals surface area contributed by atoms with Gasteiger partial charge >= 0.3 is 0 Å². The van der Waals surface area contributed by atoms with E-state index in [2.05, 4.69) is 38.9 Å². The van der Waals surface area contributed by atoms with Crippen molar-refractivity contribution in [1.29, 1.82) is 0 Å². The number of likely N-dealkylation sites (N-methyl/N-ethyl adjacent to an activating group) is 1. The third-order valence-electron chi connectivity index (χ3n) is 4.41. The van der Waals surface area contributed by atoms with Crippen molar-refractivity contribution in [2.45, 2.75) is 32.7 Å². The summed E-state index contributed by atoms with van der Waals surface area (Å²) in [4.78, 5) is 21.6. The normalized spacial score (nSPS) is 17.7. The predicted octanol–water partition coefficient (Wildman–Crippen LogP) is 2.13. The molecule has 0 bridgehead atoms. The minimum atomic E-state index is -0.0242. The third kappa shape index (κ3) is 3.68. The lowest BCUT2D eigenvalue weighted by atomic mass is 10.2. The Kier molecular flexibility index (Phi) is 5.33. The number of amides is 1. The summed E-state index contributed by atoms with van der Waals surface area (Å²) in [6.45, 7) is 5.59. The largest absolute Gasteiger partial charge is 0.365 e. The summed E-state index contributed by atoms with van der Waals surface area (Å²) in [5.74, 6) is 1.05. The van der Waals surface area contributed by atoms with Crippen molar-refractivity contribution in [3.8, 4) is 0 Å². The maximum absolute atomic E-state index is 11.6. The van der Waals surface area contributed by atoms with Gasteiger partial charge in [0.25, 0.3) is 0 Å². The molecular formula is C17H24N4O2S. The van der Waals surface area contributed by atoms with Crippen LogP contribution in [0.4, 0.5) is 0 Å². The highest BCUT2D eigenvalue weighted by Crippen LogP contribution is 2.27. The van der Waals surface area contributed by atoms with Crippen LogP contribution in [0, 0.1) is 0 Å². The van der Waals surface area contributed by atoms with Crippen molar-refractivity contribution in [3.05, 3.63) is 40.1 Å². The Morgan fingerprint density at radius 2 is 2.29 bits per heavy atom. The minimum Gasteiger partial charge on any atom is -0.365 e. The van der Waals surface area contributed by atoms with Gasteiger partial charge in [0.2, 0.25) is 5.91 Å². The fourth-order valence-corrected chi connectivity index (χ4v) is 3.64. The first-order valence-electron chi connectivity index (χ1n) is 8.15. The number of aromatic nitrogens is 2. The third-order valence-corrected chi connectivity index (χ3v) is 5.28. The number of hydrogen-bond acceptors (Lipinski definition) is 5. The van der Waals surface area contributed by atoms with Crippen molar-refractivity contribution in [2.75, 3.05) is 27.2 Å². The number of thiophene rings is 1. The van der Waals surface area contributed by atoms with Crippen molar-refractivity contribution in [3.63, 3.8) is 0 Å². The molecule has 0 N–H and O–H groups in total. The lowest BCUT2D eigenvalue weighted by Crippen LogP contribution is -2.37. The average molecular weight is 348 g/mol. The molecule has 0 fully saturated rings. The Hall–Kier alpha value is -1.70. The molecule has 0 spiro atoms. The molecule has 1 amide bonds. The number of carbonyl (C=O) groups is 1. The van der Waals surface area contributed by atoms with Gasteiger partial charge in [-0.05, 0) is 18.4 Å². The number of hydrogen-bond donors (Lipinski definition) is 0. The second kappa shape index (κ2) is 7.46. The van der Waals surface area contributed by atoms with E-state index in [1.54, 1.807) is 25.4 Å². The van der Waals surface area contributed by atoms with E-state index in [4.69, 9.17) is 4.74 Å². The molecule has 0 aromatic carbocycles. The Morgan fingerprint density at radius 1 is 1.46 bits per heavy atom. The lowest BCUT2D eigenvalue weighted by molar-refractivity contribution is -0.134. The van der Waals surface area contributed by atoms with Crippen LogP contribution in [-0.2, 0) is 29.2 Å². The van der Waals surface area contributed by atoms with Crippen molar-refractivity contribution in [1.82, 2.24) is 19.4 Å². The van der Waals surface area contributed by atoms with Crippen LogP contribution in [-0.4, -0.2) is 52.5 Å². The zero-order valence-electron chi connectivity index (χ0n) is 14.4. The second-order valence-corrected chi connectivity index (χ2v) is 7.30. The van der Waals surface area contributed by atoms with E-state index in [9.17, 15) is 4.79 Å². The molecule has 130 valence electrons. The topological polar surface area (TPSA) is 50.6 Å². The molecule has 1 atom stereocenters. The molecule has 7 heteroatoms. The smallest absolute Gasteiger partial charge is 0.248 e. The summed E-state index contributed by atoms with van der Waals surface area (Å²) < 4.78 is 7.78. The number of imidazole rings is 1. The van der Waals surface area contributed by atoms with Crippen molar-refractivity contribution >= 4 is 17.2 Å². The van der Waals surface area contributed by atoms with E-state index in [1.807, 2.05) is 6.20 Å². The quantitative estimate of drug-likeness (QED) is 0.802. The second-order valence-electron chi connectivity index (χ2n) is 6.27. The van der Waals surface area contributed by atoms with Gasteiger partial charge in [-0.2, -0.15) is 0 Å². The van der Waals surface area contributed by atoms with Gasteiger partial charge in [0.05, 0.1) is 24.5 Å². The van der Waals surface area contributed by atoms with Crippen LogP contribution in [0.15, 0.2) is 23.7 Å². The maximum atomic E-state index is 11.6. The fourth-order valence-electron chi connectivity index (χ4n) is 2.91. The van der Waals surface area contributed by atoms with Gasteiger partial charge in [-0.3, -0.25) is 9.69 Å².